The van der Waals surface area contributed by atoms with Crippen LogP contribution < -0.4 is 0 Å². The summed E-state index contributed by atoms with van der Waals surface area (Å²) in [6.45, 7) is 0. The molecule has 0 spiro atoms. The van der Waals surface area contributed by atoms with Crippen molar-refractivity contribution < 1.29 is 9.53 Å². The summed E-state index contributed by atoms with van der Waals surface area (Å²) in [5, 5.41) is 0. The fourth-order valence-electron chi connectivity index (χ4n) is 0.512. The molecule has 0 bridgehead atoms. The number of rotatable bonds is 1. The molecule has 0 radical (unpaired) electrons. The summed E-state index contributed by atoms with van der Waals surface area (Å²) >= 11 is 3.93. The summed E-state index contributed by atoms with van der Waals surface area (Å²) in [4.78, 5) is 10.3. The van der Waals surface area contributed by atoms with Crippen LogP contribution in [-0.4, -0.2) is 17.8 Å². The number of thiol groups is 1. The molecule has 9 heavy (non-hydrogen) atoms. The third-order valence-electron chi connectivity index (χ3n) is 0.894. The van der Waals surface area contributed by atoms with Crippen molar-refractivity contribution in [2.75, 3.05) is 5.75 Å². The lowest BCUT2D eigenvalue weighted by Crippen LogP contribution is -2.08. The van der Waals surface area contributed by atoms with E-state index in [1.807, 2.05) is 0 Å². The molecule has 0 aromatic heterocycles. The van der Waals surface area contributed by atoms with E-state index in [4.69, 9.17) is 0 Å². The molecule has 1 aliphatic heterocycles. The van der Waals surface area contributed by atoms with Gasteiger partial charge in [0.05, 0.1) is 0 Å². The van der Waals surface area contributed by atoms with E-state index in [9.17, 15) is 4.79 Å². The van der Waals surface area contributed by atoms with Crippen LogP contribution in [0.25, 0.3) is 0 Å². The maximum atomic E-state index is 10.3. The number of carbonyl (C=O) groups is 1. The molecule has 0 saturated carbocycles. The third kappa shape index (κ3) is 2.10. The topological polar surface area (TPSA) is 26.3 Å². The fourth-order valence-corrected chi connectivity index (χ4v) is 0.708. The number of hydrogen-bond donors (Lipinski definition) is 1. The van der Waals surface area contributed by atoms with E-state index in [1.54, 1.807) is 6.08 Å². The van der Waals surface area contributed by atoms with E-state index in [-0.39, 0.29) is 19.5 Å². The highest BCUT2D eigenvalue weighted by Gasteiger charge is 2.13. The van der Waals surface area contributed by atoms with Crippen molar-refractivity contribution in [2.24, 2.45) is 0 Å². The predicted octanol–water partition coefficient (Wildman–Crippen LogP) is 1.03. The van der Waals surface area contributed by atoms with Crippen LogP contribution in [0.4, 0.5) is 0 Å². The Morgan fingerprint density at radius 3 is 2.67 bits per heavy atom. The monoisotopic (exact) mass is 146 g/mol. The SMILES string of the molecule is C.O=C1C=CC(CS)O1. The second kappa shape index (κ2) is 3.56. The smallest absolute Gasteiger partial charge is 0.331 e. The Bertz CT molecular complexity index is 131. The predicted molar refractivity (Wildman–Crippen MR) is 39.6 cm³/mol. The van der Waals surface area contributed by atoms with E-state index in [1.165, 1.54) is 6.08 Å². The summed E-state index contributed by atoms with van der Waals surface area (Å²) in [6.07, 6.45) is 3.03. The van der Waals surface area contributed by atoms with Crippen molar-refractivity contribution in [3.8, 4) is 0 Å². The van der Waals surface area contributed by atoms with Crippen molar-refractivity contribution in [1.82, 2.24) is 0 Å². The van der Waals surface area contributed by atoms with Gasteiger partial charge in [-0.1, -0.05) is 7.43 Å². The average Bonchev–Trinajstić information content (AvgIpc) is 2.14. The molecule has 1 heterocycles. The van der Waals surface area contributed by atoms with Gasteiger partial charge in [-0.3, -0.25) is 0 Å². The van der Waals surface area contributed by atoms with Gasteiger partial charge in [0.25, 0.3) is 0 Å². The lowest BCUT2D eigenvalue weighted by molar-refractivity contribution is -0.137. The number of cyclic esters (lactones) is 1. The lowest BCUT2D eigenvalue weighted by Gasteiger charge is -2.00. The van der Waals surface area contributed by atoms with Gasteiger partial charge in [-0.05, 0) is 6.08 Å². The van der Waals surface area contributed by atoms with Crippen LogP contribution in [0.15, 0.2) is 12.2 Å². The van der Waals surface area contributed by atoms with Crippen molar-refractivity contribution >= 4 is 18.6 Å². The summed E-state index contributed by atoms with van der Waals surface area (Å²) in [7, 11) is 0. The molecule has 0 amide bonds. The first-order valence-corrected chi connectivity index (χ1v) is 2.96. The average molecular weight is 146 g/mol. The zero-order chi connectivity index (χ0) is 5.98. The van der Waals surface area contributed by atoms with E-state index in [0.717, 1.165) is 0 Å². The zero-order valence-corrected chi connectivity index (χ0v) is 5.10. The molecule has 1 unspecified atom stereocenters. The number of ether oxygens (including phenoxy) is 1. The highest BCUT2D eigenvalue weighted by molar-refractivity contribution is 7.80. The summed E-state index contributed by atoms with van der Waals surface area (Å²) < 4.78 is 4.68. The van der Waals surface area contributed by atoms with Gasteiger partial charge in [0.15, 0.2) is 0 Å². The summed E-state index contributed by atoms with van der Waals surface area (Å²) in [5.41, 5.74) is 0. The Hall–Kier alpha value is -0.440. The zero-order valence-electron chi connectivity index (χ0n) is 4.20. The van der Waals surface area contributed by atoms with Gasteiger partial charge in [-0.15, -0.1) is 0 Å². The third-order valence-corrected chi connectivity index (χ3v) is 1.25. The summed E-state index contributed by atoms with van der Waals surface area (Å²) in [6, 6.07) is 0. The molecule has 0 aromatic carbocycles. The molecule has 0 saturated heterocycles. The molecular weight excluding hydrogens is 136 g/mol. The quantitative estimate of drug-likeness (QED) is 0.442. The summed E-state index contributed by atoms with van der Waals surface area (Å²) in [5.74, 6) is 0.312. The first kappa shape index (κ1) is 8.56. The second-order valence-corrected chi connectivity index (χ2v) is 1.88. The van der Waals surface area contributed by atoms with Crippen molar-refractivity contribution in [2.45, 2.75) is 13.5 Å². The standard InChI is InChI=1S/C5H6O2S.CH4/c6-5-2-1-4(3-8)7-5;/h1-2,4,8H,3H2;1H4. The highest BCUT2D eigenvalue weighted by Crippen LogP contribution is 2.04. The van der Waals surface area contributed by atoms with Crippen molar-refractivity contribution in [3.05, 3.63) is 12.2 Å². The molecule has 0 aromatic rings. The molecule has 3 heteroatoms. The van der Waals surface area contributed by atoms with Gasteiger partial charge in [0, 0.05) is 11.8 Å². The number of hydrogen-bond acceptors (Lipinski definition) is 3. The molecule has 0 N–H and O–H groups in total. The van der Waals surface area contributed by atoms with Gasteiger partial charge in [-0.2, -0.15) is 12.6 Å². The van der Waals surface area contributed by atoms with Crippen LogP contribution in [0, 0.1) is 0 Å². The maximum absolute atomic E-state index is 10.3. The molecule has 1 atom stereocenters. The van der Waals surface area contributed by atoms with Crippen LogP contribution in [0.1, 0.15) is 7.43 Å². The minimum Gasteiger partial charge on any atom is -0.454 e. The normalized spacial score (nSPS) is 23.2. The van der Waals surface area contributed by atoms with E-state index in [0.29, 0.717) is 5.75 Å². The second-order valence-electron chi connectivity index (χ2n) is 1.52. The highest BCUT2D eigenvalue weighted by atomic mass is 32.1. The molecule has 1 rings (SSSR count). The van der Waals surface area contributed by atoms with Gasteiger partial charge in [0.1, 0.15) is 6.10 Å². The van der Waals surface area contributed by atoms with Crippen molar-refractivity contribution in [3.63, 3.8) is 0 Å². The minimum atomic E-state index is -0.260. The van der Waals surface area contributed by atoms with Crippen LogP contribution in [0.3, 0.4) is 0 Å². The van der Waals surface area contributed by atoms with E-state index in [2.05, 4.69) is 17.4 Å². The first-order valence-electron chi connectivity index (χ1n) is 2.32. The minimum absolute atomic E-state index is 0. The molecule has 52 valence electrons. The maximum Gasteiger partial charge on any atom is 0.331 e. The Labute approximate surface area is 60.3 Å². The molecule has 0 fully saturated rings. The molecule has 2 nitrogen and oxygen atoms in total. The Balaban J connectivity index is 0.000000640. The van der Waals surface area contributed by atoms with E-state index >= 15 is 0 Å². The van der Waals surface area contributed by atoms with Crippen LogP contribution in [0.2, 0.25) is 0 Å². The number of esters is 1. The van der Waals surface area contributed by atoms with Gasteiger partial charge >= 0.3 is 5.97 Å². The molecular formula is C6H10O2S. The van der Waals surface area contributed by atoms with Crippen LogP contribution in [-0.2, 0) is 9.53 Å². The molecule has 1 aliphatic rings. The van der Waals surface area contributed by atoms with E-state index < -0.39 is 0 Å². The fraction of sp³-hybridized carbons (Fsp3) is 0.500. The Kier molecular flexibility index (Phi) is 3.39. The van der Waals surface area contributed by atoms with Crippen LogP contribution >= 0.6 is 12.6 Å². The van der Waals surface area contributed by atoms with Crippen molar-refractivity contribution in [1.29, 1.82) is 0 Å². The Morgan fingerprint density at radius 1 is 1.78 bits per heavy atom. The lowest BCUT2D eigenvalue weighted by atomic mass is 10.4. The van der Waals surface area contributed by atoms with Gasteiger partial charge in [0.2, 0.25) is 0 Å². The largest absolute Gasteiger partial charge is 0.454 e. The van der Waals surface area contributed by atoms with Gasteiger partial charge < -0.3 is 4.74 Å². The van der Waals surface area contributed by atoms with Crippen LogP contribution in [0.5, 0.6) is 0 Å². The van der Waals surface area contributed by atoms with Gasteiger partial charge in [-0.25, -0.2) is 4.79 Å². The first-order chi connectivity index (χ1) is 3.83. The molecule has 0 aliphatic carbocycles. The number of carbonyl (C=O) groups excluding carboxylic acids is 1. The Morgan fingerprint density at radius 2 is 2.44 bits per heavy atom.